The van der Waals surface area contributed by atoms with E-state index < -0.39 is 5.54 Å². The van der Waals surface area contributed by atoms with Crippen LogP contribution in [0.15, 0.2) is 42.7 Å². The molecule has 4 aromatic rings. The first-order chi connectivity index (χ1) is 14.0. The zero-order valence-electron chi connectivity index (χ0n) is 16.2. The van der Waals surface area contributed by atoms with Gasteiger partial charge in [0.05, 0.1) is 34.7 Å². The highest BCUT2D eigenvalue weighted by atomic mass is 35.5. The molecule has 0 unspecified atom stereocenters. The minimum atomic E-state index is -0.423. The number of benzene rings is 2. The van der Waals surface area contributed by atoms with E-state index in [0.29, 0.717) is 5.02 Å². The molecule has 3 heterocycles. The predicted molar refractivity (Wildman–Crippen MR) is 111 cm³/mol. The summed E-state index contributed by atoms with van der Waals surface area (Å²) in [6, 6.07) is 8.52. The van der Waals surface area contributed by atoms with E-state index in [2.05, 4.69) is 27.0 Å². The Morgan fingerprint density at radius 1 is 1.14 bits per heavy atom. The molecule has 2 aromatic heterocycles. The van der Waals surface area contributed by atoms with Gasteiger partial charge in [0, 0.05) is 11.6 Å². The molecule has 148 valence electrons. The van der Waals surface area contributed by atoms with Gasteiger partial charge in [0.15, 0.2) is 0 Å². The molecule has 0 spiro atoms. The van der Waals surface area contributed by atoms with Crippen LogP contribution in [0.3, 0.4) is 0 Å². The van der Waals surface area contributed by atoms with E-state index in [-0.39, 0.29) is 5.82 Å². The SMILES string of the molecule is Cc1c(Cl)ccc2[nH]c([C@]3(C)CCCN3c3cc(F)ccc3-n3nccn3)nc12. The molecular weight excluding hydrogens is 391 g/mol. The second kappa shape index (κ2) is 6.56. The van der Waals surface area contributed by atoms with Gasteiger partial charge >= 0.3 is 0 Å². The maximum atomic E-state index is 14.2. The van der Waals surface area contributed by atoms with E-state index in [1.165, 1.54) is 10.9 Å². The Morgan fingerprint density at radius 3 is 2.72 bits per heavy atom. The maximum Gasteiger partial charge on any atom is 0.132 e. The van der Waals surface area contributed by atoms with E-state index in [1.807, 2.05) is 19.1 Å². The second-order valence-electron chi connectivity index (χ2n) is 7.63. The Labute approximate surface area is 172 Å². The first-order valence-electron chi connectivity index (χ1n) is 9.56. The number of fused-ring (bicyclic) bond motifs is 1. The van der Waals surface area contributed by atoms with Crippen molar-refractivity contribution < 1.29 is 4.39 Å². The number of halogens is 2. The highest BCUT2D eigenvalue weighted by Gasteiger charge is 2.42. The number of H-pyrrole nitrogens is 1. The highest BCUT2D eigenvalue weighted by Crippen LogP contribution is 2.43. The molecule has 1 atom stereocenters. The van der Waals surface area contributed by atoms with Crippen molar-refractivity contribution in [1.82, 2.24) is 25.0 Å². The number of aromatic amines is 1. The van der Waals surface area contributed by atoms with Gasteiger partial charge < -0.3 is 9.88 Å². The van der Waals surface area contributed by atoms with Crippen LogP contribution in [0.2, 0.25) is 5.02 Å². The van der Waals surface area contributed by atoms with Crippen LogP contribution >= 0.6 is 11.6 Å². The van der Waals surface area contributed by atoms with Crippen molar-refractivity contribution in [2.24, 2.45) is 0 Å². The molecule has 1 N–H and O–H groups in total. The minimum Gasteiger partial charge on any atom is -0.357 e. The summed E-state index contributed by atoms with van der Waals surface area (Å²) in [6.07, 6.45) is 5.09. The molecule has 29 heavy (non-hydrogen) atoms. The van der Waals surface area contributed by atoms with Crippen LogP contribution < -0.4 is 4.90 Å². The lowest BCUT2D eigenvalue weighted by Gasteiger charge is -2.36. The Balaban J connectivity index is 1.66. The van der Waals surface area contributed by atoms with Crippen molar-refractivity contribution in [2.45, 2.75) is 32.2 Å². The maximum absolute atomic E-state index is 14.2. The first kappa shape index (κ1) is 18.1. The average Bonchev–Trinajstić information content (AvgIpc) is 3.44. The van der Waals surface area contributed by atoms with Gasteiger partial charge in [-0.1, -0.05) is 11.6 Å². The van der Waals surface area contributed by atoms with Crippen molar-refractivity contribution >= 4 is 28.3 Å². The van der Waals surface area contributed by atoms with E-state index in [9.17, 15) is 4.39 Å². The minimum absolute atomic E-state index is 0.294. The van der Waals surface area contributed by atoms with Crippen LogP contribution in [0.25, 0.3) is 16.7 Å². The Morgan fingerprint density at radius 2 is 1.93 bits per heavy atom. The Hall–Kier alpha value is -2.93. The van der Waals surface area contributed by atoms with Gasteiger partial charge in [0.1, 0.15) is 17.3 Å². The van der Waals surface area contributed by atoms with Crippen LogP contribution in [-0.4, -0.2) is 31.5 Å². The third-order valence-electron chi connectivity index (χ3n) is 5.86. The topological polar surface area (TPSA) is 62.6 Å². The molecule has 0 bridgehead atoms. The van der Waals surface area contributed by atoms with Gasteiger partial charge in [0.2, 0.25) is 0 Å². The fourth-order valence-electron chi connectivity index (χ4n) is 4.26. The summed E-state index contributed by atoms with van der Waals surface area (Å²) in [4.78, 5) is 12.1. The molecule has 0 radical (unpaired) electrons. The molecule has 0 aliphatic carbocycles. The normalized spacial score (nSPS) is 19.4. The standard InChI is InChI=1S/C21H20ClFN6/c1-13-15(22)5-6-16-19(13)27-20(26-16)21(2)8-3-11-28(21)18-12-14(23)4-7-17(18)29-24-9-10-25-29/h4-7,9-10,12H,3,8,11H2,1-2H3,(H,26,27)/t21-/m0/s1. The molecule has 1 aliphatic rings. The first-order valence-corrected chi connectivity index (χ1v) is 9.94. The third kappa shape index (κ3) is 2.80. The number of anilines is 1. The molecule has 0 saturated carbocycles. The van der Waals surface area contributed by atoms with Crippen molar-refractivity contribution in [1.29, 1.82) is 0 Å². The summed E-state index contributed by atoms with van der Waals surface area (Å²) < 4.78 is 14.2. The van der Waals surface area contributed by atoms with Crippen LogP contribution in [0.4, 0.5) is 10.1 Å². The molecule has 5 rings (SSSR count). The van der Waals surface area contributed by atoms with Crippen molar-refractivity contribution in [2.75, 3.05) is 11.4 Å². The van der Waals surface area contributed by atoms with Crippen molar-refractivity contribution in [3.05, 3.63) is 65.0 Å². The average molecular weight is 411 g/mol. The summed E-state index contributed by atoms with van der Waals surface area (Å²) in [5.41, 5.74) is 3.83. The van der Waals surface area contributed by atoms with Crippen LogP contribution in [0.5, 0.6) is 0 Å². The highest BCUT2D eigenvalue weighted by molar-refractivity contribution is 6.32. The van der Waals surface area contributed by atoms with Gasteiger partial charge in [-0.05, 0) is 62.6 Å². The van der Waals surface area contributed by atoms with Crippen LogP contribution in [0.1, 0.15) is 31.2 Å². The molecule has 0 amide bonds. The van der Waals surface area contributed by atoms with Crippen molar-refractivity contribution in [3.63, 3.8) is 0 Å². The van der Waals surface area contributed by atoms with Crippen LogP contribution in [0, 0.1) is 12.7 Å². The molecule has 6 nitrogen and oxygen atoms in total. The quantitative estimate of drug-likeness (QED) is 0.529. The monoisotopic (exact) mass is 410 g/mol. The second-order valence-corrected chi connectivity index (χ2v) is 8.04. The van der Waals surface area contributed by atoms with Gasteiger partial charge in [-0.15, -0.1) is 4.80 Å². The number of aromatic nitrogens is 5. The lowest BCUT2D eigenvalue weighted by atomic mass is 9.97. The lowest BCUT2D eigenvalue weighted by molar-refractivity contribution is 0.465. The largest absolute Gasteiger partial charge is 0.357 e. The molecule has 2 aromatic carbocycles. The zero-order valence-corrected chi connectivity index (χ0v) is 16.9. The molecule has 8 heteroatoms. The fourth-order valence-corrected chi connectivity index (χ4v) is 4.41. The molecule has 1 fully saturated rings. The molecule has 1 aliphatic heterocycles. The third-order valence-corrected chi connectivity index (χ3v) is 6.26. The Kier molecular flexibility index (Phi) is 4.10. The van der Waals surface area contributed by atoms with E-state index >= 15 is 0 Å². The number of rotatable bonds is 3. The van der Waals surface area contributed by atoms with Gasteiger partial charge in [-0.25, -0.2) is 9.37 Å². The van der Waals surface area contributed by atoms with Crippen molar-refractivity contribution in [3.8, 4) is 5.69 Å². The fraction of sp³-hybridized carbons (Fsp3) is 0.286. The number of nitrogens with zero attached hydrogens (tertiary/aromatic N) is 5. The Bertz CT molecular complexity index is 1200. The smallest absolute Gasteiger partial charge is 0.132 e. The zero-order chi connectivity index (χ0) is 20.2. The summed E-state index contributed by atoms with van der Waals surface area (Å²) in [5, 5.41) is 9.18. The van der Waals surface area contributed by atoms with Crippen LogP contribution in [-0.2, 0) is 5.54 Å². The summed E-state index contributed by atoms with van der Waals surface area (Å²) in [7, 11) is 0. The number of imidazole rings is 1. The molecular formula is C21H20ClFN6. The van der Waals surface area contributed by atoms with E-state index in [1.54, 1.807) is 24.5 Å². The number of hydrogen-bond acceptors (Lipinski definition) is 4. The summed E-state index contributed by atoms with van der Waals surface area (Å²) >= 11 is 6.29. The lowest BCUT2D eigenvalue weighted by Crippen LogP contribution is -2.40. The summed E-state index contributed by atoms with van der Waals surface area (Å²) in [6.45, 7) is 4.89. The number of nitrogens with one attached hydrogen (secondary N) is 1. The number of hydrogen-bond donors (Lipinski definition) is 1. The van der Waals surface area contributed by atoms with Gasteiger partial charge in [-0.3, -0.25) is 0 Å². The van der Waals surface area contributed by atoms with E-state index in [4.69, 9.17) is 16.6 Å². The number of aryl methyl sites for hydroxylation is 1. The van der Waals surface area contributed by atoms with Gasteiger partial charge in [-0.2, -0.15) is 10.2 Å². The predicted octanol–water partition coefficient (Wildman–Crippen LogP) is 4.76. The van der Waals surface area contributed by atoms with E-state index in [0.717, 1.165) is 53.2 Å². The summed E-state index contributed by atoms with van der Waals surface area (Å²) in [5.74, 6) is 0.552. The molecule has 1 saturated heterocycles. The van der Waals surface area contributed by atoms with Gasteiger partial charge in [0.25, 0.3) is 0 Å².